The van der Waals surface area contributed by atoms with Crippen molar-refractivity contribution in [1.82, 2.24) is 0 Å². The van der Waals surface area contributed by atoms with E-state index in [1.165, 1.54) is 0 Å². The van der Waals surface area contributed by atoms with E-state index in [2.05, 4.69) is 0 Å². The quantitative estimate of drug-likeness (QED) is 0.300. The van der Waals surface area contributed by atoms with Crippen molar-refractivity contribution in [3.05, 3.63) is 0 Å². The molecule has 5 heteroatoms. The average molecular weight is 122 g/mol. The van der Waals surface area contributed by atoms with Crippen molar-refractivity contribution in [2.45, 2.75) is 0 Å². The summed E-state index contributed by atoms with van der Waals surface area (Å²) in [7, 11) is 0. The van der Waals surface area contributed by atoms with Gasteiger partial charge in [0, 0.05) is 0 Å². The molecule has 0 heterocycles. The van der Waals surface area contributed by atoms with Crippen molar-refractivity contribution in [2.24, 2.45) is 0 Å². The van der Waals surface area contributed by atoms with Gasteiger partial charge in [-0.25, -0.2) is 0 Å². The molecule has 0 aliphatic heterocycles. The Labute approximate surface area is 56.9 Å². The molecule has 0 aliphatic rings. The maximum atomic E-state index is 8.50. The summed E-state index contributed by atoms with van der Waals surface area (Å²) in [6.07, 6.45) is 0. The van der Waals surface area contributed by atoms with Crippen LogP contribution < -0.4 is 31.3 Å². The minimum atomic E-state index is -2.00. The maximum absolute atomic E-state index is 8.50. The van der Waals surface area contributed by atoms with Crippen molar-refractivity contribution >= 4 is 0 Å². The zero-order chi connectivity index (χ0) is 2.71. The van der Waals surface area contributed by atoms with Gasteiger partial charge in [0.1, 0.15) is 0 Å². The van der Waals surface area contributed by atoms with Gasteiger partial charge in [-0.1, -0.05) is 0 Å². The van der Waals surface area contributed by atoms with Crippen LogP contribution in [0.1, 0.15) is 0 Å². The van der Waals surface area contributed by atoms with E-state index in [9.17, 15) is 0 Å². The van der Waals surface area contributed by atoms with Gasteiger partial charge >= 0.3 is 44.6 Å². The molecule has 0 atom stereocenters. The van der Waals surface area contributed by atoms with Crippen molar-refractivity contribution in [3.8, 4) is 0 Å². The van der Waals surface area contributed by atoms with E-state index in [4.69, 9.17) is 6.65 Å². The molecular formula is ClLiO2Ti. The Balaban J connectivity index is -0.0000000200. The van der Waals surface area contributed by atoms with Crippen LogP contribution in [0, 0.1) is 0 Å². The Kier molecular flexibility index (Phi) is 62.0. The topological polar surface area (TPSA) is 34.1 Å². The van der Waals surface area contributed by atoms with Crippen LogP contribution in [0.3, 0.4) is 0 Å². The molecule has 0 spiro atoms. The van der Waals surface area contributed by atoms with Gasteiger partial charge in [0.05, 0.1) is 0 Å². The summed E-state index contributed by atoms with van der Waals surface area (Å²) in [6.45, 7) is 0. The number of hydrogen-bond donors (Lipinski definition) is 0. The predicted molar refractivity (Wildman–Crippen MR) is 1.37 cm³/mol. The Morgan fingerprint density at radius 3 is 1.20 bits per heavy atom. The fraction of sp³-hybridized carbons (Fsp3) is 0. The summed E-state index contributed by atoms with van der Waals surface area (Å²) < 4.78 is 17.0. The summed E-state index contributed by atoms with van der Waals surface area (Å²) >= 11 is -2.00. The summed E-state index contributed by atoms with van der Waals surface area (Å²) in [5.41, 5.74) is 0. The second-order valence-electron chi connectivity index (χ2n) is 0.0833. The third-order valence-electron chi connectivity index (χ3n) is 0. The first-order valence-corrected chi connectivity index (χ1v) is 1.68. The molecule has 0 aromatic heterocycles. The van der Waals surface area contributed by atoms with E-state index in [0.717, 1.165) is 0 Å². The standard InChI is InChI=1S/ClH.Li.2O.Ti/h1H;;;;/q;+1;;;/p-1. The molecule has 0 bridgehead atoms. The second-order valence-corrected chi connectivity index (χ2v) is 0.344. The van der Waals surface area contributed by atoms with Gasteiger partial charge < -0.3 is 12.4 Å². The molecule has 0 saturated carbocycles. The number of halogens is 1. The van der Waals surface area contributed by atoms with Crippen LogP contribution in [0.4, 0.5) is 0 Å². The Morgan fingerprint density at radius 2 is 1.20 bits per heavy atom. The van der Waals surface area contributed by atoms with Gasteiger partial charge in [0.2, 0.25) is 0 Å². The Bertz CT molecular complexity index is 30.6. The van der Waals surface area contributed by atoms with Crippen LogP contribution in [0.25, 0.3) is 0 Å². The second kappa shape index (κ2) is 18.9. The van der Waals surface area contributed by atoms with E-state index >= 15 is 0 Å². The van der Waals surface area contributed by atoms with Gasteiger partial charge in [0.15, 0.2) is 0 Å². The fourth-order valence-corrected chi connectivity index (χ4v) is 0. The monoisotopic (exact) mass is 122 g/mol. The van der Waals surface area contributed by atoms with Crippen molar-refractivity contribution < 1.29 is 57.0 Å². The first-order chi connectivity index (χ1) is 1.41. The van der Waals surface area contributed by atoms with Crippen LogP contribution in [0.5, 0.6) is 0 Å². The number of rotatable bonds is 0. The summed E-state index contributed by atoms with van der Waals surface area (Å²) in [4.78, 5) is 0. The number of hydrogen-bond acceptors (Lipinski definition) is 2. The molecule has 0 amide bonds. The van der Waals surface area contributed by atoms with E-state index in [1.807, 2.05) is 0 Å². The van der Waals surface area contributed by atoms with Gasteiger partial charge in [-0.15, -0.1) is 0 Å². The Morgan fingerprint density at radius 1 is 1.20 bits per heavy atom. The van der Waals surface area contributed by atoms with Gasteiger partial charge in [0.25, 0.3) is 0 Å². The predicted octanol–water partition coefficient (Wildman–Crippen LogP) is -6.23. The molecule has 0 unspecified atom stereocenters. The minimum absolute atomic E-state index is 0. The third kappa shape index (κ3) is 36.9. The first kappa shape index (κ1) is 16.4. The zero-order valence-electron chi connectivity index (χ0n) is 2.69. The summed E-state index contributed by atoms with van der Waals surface area (Å²) in [5, 5.41) is 0. The average Bonchev–Trinajstić information content (AvgIpc) is 0.918. The van der Waals surface area contributed by atoms with Crippen LogP contribution in [-0.2, 0) is 25.7 Å². The molecule has 0 fully saturated rings. The SMILES string of the molecule is [Cl-].[Li+].[O]=[Ti]=[O]. The van der Waals surface area contributed by atoms with Crippen molar-refractivity contribution in [2.75, 3.05) is 0 Å². The molecule has 0 N–H and O–H groups in total. The van der Waals surface area contributed by atoms with Gasteiger partial charge in [-0.3, -0.25) is 0 Å². The van der Waals surface area contributed by atoms with E-state index in [1.54, 1.807) is 0 Å². The van der Waals surface area contributed by atoms with Crippen LogP contribution in [0.2, 0.25) is 0 Å². The Hall–Kier alpha value is 1.20. The van der Waals surface area contributed by atoms with Crippen LogP contribution in [0.15, 0.2) is 0 Å². The van der Waals surface area contributed by atoms with E-state index in [-0.39, 0.29) is 31.3 Å². The van der Waals surface area contributed by atoms with E-state index in [0.29, 0.717) is 0 Å². The molecule has 0 radical (unpaired) electrons. The molecule has 5 heavy (non-hydrogen) atoms. The summed E-state index contributed by atoms with van der Waals surface area (Å²) in [6, 6.07) is 0. The molecule has 2 nitrogen and oxygen atoms in total. The zero-order valence-corrected chi connectivity index (χ0v) is 5.01. The van der Waals surface area contributed by atoms with Gasteiger partial charge in [-0.05, 0) is 0 Å². The summed E-state index contributed by atoms with van der Waals surface area (Å²) in [5.74, 6) is 0. The fourth-order valence-electron chi connectivity index (χ4n) is 0. The van der Waals surface area contributed by atoms with Crippen LogP contribution in [-0.4, -0.2) is 0 Å². The normalized spacial score (nSPS) is 1.60. The van der Waals surface area contributed by atoms with Crippen molar-refractivity contribution in [1.29, 1.82) is 0 Å². The van der Waals surface area contributed by atoms with Crippen molar-refractivity contribution in [3.63, 3.8) is 0 Å². The molecule has 24 valence electrons. The third-order valence-corrected chi connectivity index (χ3v) is 0. The molecule has 0 aromatic carbocycles. The first-order valence-electron chi connectivity index (χ1n) is 0.408. The molecule has 0 saturated heterocycles. The molecule has 0 aliphatic carbocycles. The van der Waals surface area contributed by atoms with Crippen LogP contribution >= 0.6 is 0 Å². The molecule has 0 rings (SSSR count). The van der Waals surface area contributed by atoms with E-state index < -0.39 is 19.1 Å². The van der Waals surface area contributed by atoms with Gasteiger partial charge in [-0.2, -0.15) is 0 Å². The molecule has 0 aromatic rings. The molecular weight excluding hydrogens is 122 g/mol.